The van der Waals surface area contributed by atoms with E-state index in [2.05, 4.69) is 65.5 Å². The molecule has 754 valence electrons. The first kappa shape index (κ1) is 107. The quantitative estimate of drug-likeness (QED) is 0.0259. The predicted octanol–water partition coefficient (Wildman–Crippen LogP) is 18.3. The number of sulfonamides is 3. The number of hydroxylamine groups is 2. The number of benzene rings is 6. The van der Waals surface area contributed by atoms with Crippen LogP contribution in [-0.4, -0.2) is 146 Å². The first-order chi connectivity index (χ1) is 65.8. The minimum atomic E-state index is -5.00. The van der Waals surface area contributed by atoms with Gasteiger partial charge in [-0.2, -0.15) is 59.9 Å². The fourth-order valence-corrected chi connectivity index (χ4v) is 18.3. The van der Waals surface area contributed by atoms with Crippen molar-refractivity contribution in [2.45, 2.75) is 112 Å². The van der Waals surface area contributed by atoms with E-state index in [1.54, 1.807) is 78.9 Å². The van der Waals surface area contributed by atoms with Crippen LogP contribution in [0.5, 0.6) is 17.2 Å². The molecular weight excluding hydrogens is 2100 g/mol. The van der Waals surface area contributed by atoms with Crippen LogP contribution >= 0.6 is 22.6 Å². The van der Waals surface area contributed by atoms with Crippen LogP contribution in [0.2, 0.25) is 0 Å². The van der Waals surface area contributed by atoms with Crippen molar-refractivity contribution < 1.29 is 148 Å². The lowest BCUT2D eigenvalue weighted by molar-refractivity contribution is -0.275. The van der Waals surface area contributed by atoms with Gasteiger partial charge in [0.1, 0.15) is 63.1 Å². The van der Waals surface area contributed by atoms with E-state index in [9.17, 15) is 124 Å². The molecule has 16 rings (SSSR count). The van der Waals surface area contributed by atoms with Gasteiger partial charge in [0.05, 0.1) is 81.2 Å². The van der Waals surface area contributed by atoms with Gasteiger partial charge in [0.2, 0.25) is 5.78 Å². The molecular formula is C87H75F18IN18O15S3. The Kier molecular flexibility index (Phi) is 30.3. The van der Waals surface area contributed by atoms with Crippen molar-refractivity contribution in [2.75, 3.05) is 43.0 Å². The van der Waals surface area contributed by atoms with Gasteiger partial charge in [0, 0.05) is 83.8 Å². The Balaban J connectivity index is 0.000000171. The molecule has 5 N–H and O–H groups in total. The molecule has 3 aliphatic rings. The van der Waals surface area contributed by atoms with Crippen molar-refractivity contribution in [1.82, 2.24) is 59.1 Å². The first-order valence-electron chi connectivity index (χ1n) is 40.4. The third-order valence-electron chi connectivity index (χ3n) is 21.2. The number of aryl methyl sites for hydroxylation is 8. The lowest BCUT2D eigenvalue weighted by Gasteiger charge is -2.28. The fraction of sp³-hybridized carbons (Fsp3) is 0.241. The van der Waals surface area contributed by atoms with E-state index < -0.39 is 142 Å². The molecule has 13 aromatic rings. The molecule has 10 heterocycles. The van der Waals surface area contributed by atoms with Crippen molar-refractivity contribution in [1.29, 1.82) is 0 Å². The maximum absolute atomic E-state index is 14.0. The van der Waals surface area contributed by atoms with Crippen LogP contribution in [0.3, 0.4) is 0 Å². The number of anilines is 9. The Morgan fingerprint density at radius 1 is 0.401 bits per heavy atom. The van der Waals surface area contributed by atoms with Crippen LogP contribution < -0.4 is 43.1 Å². The maximum Gasteiger partial charge on any atom is 0.573 e. The summed E-state index contributed by atoms with van der Waals surface area (Å²) in [6.45, 7) is 7.24. The van der Waals surface area contributed by atoms with Crippen molar-refractivity contribution in [2.24, 2.45) is 28.2 Å². The van der Waals surface area contributed by atoms with Gasteiger partial charge in [0.15, 0.2) is 11.4 Å². The number of rotatable bonds is 16. The van der Waals surface area contributed by atoms with Crippen molar-refractivity contribution in [3.63, 3.8) is 0 Å². The zero-order valence-corrected chi connectivity index (χ0v) is 79.4. The number of hydrogen-bond donors (Lipinski definition) is 5. The molecule has 0 saturated heterocycles. The van der Waals surface area contributed by atoms with Crippen molar-refractivity contribution in [3.8, 4) is 17.2 Å². The number of carbonyl (C=O) groups excluding carboxylic acids is 2. The highest BCUT2D eigenvalue weighted by molar-refractivity contribution is 14.1. The number of pyridine rings is 3. The second-order valence-corrected chi connectivity index (χ2v) is 37.9. The summed E-state index contributed by atoms with van der Waals surface area (Å²) >= 11 is 1.95. The summed E-state index contributed by atoms with van der Waals surface area (Å²) in [5, 5.41) is 45.6. The normalized spacial score (nSPS) is 13.6. The Morgan fingerprint density at radius 2 is 0.718 bits per heavy atom. The molecule has 1 atom stereocenters. The zero-order valence-electron chi connectivity index (χ0n) is 74.8. The Bertz CT molecular complexity index is 7250. The number of carboxylic acid groups (broad SMARTS) is 1. The number of nitrogens with zero attached hydrogens (tertiary/aromatic N) is 15. The van der Waals surface area contributed by atoms with E-state index in [1.165, 1.54) is 88.7 Å². The number of halogens is 19. The van der Waals surface area contributed by atoms with Crippen LogP contribution in [0.1, 0.15) is 112 Å². The lowest BCUT2D eigenvalue weighted by atomic mass is 9.91. The second-order valence-electron chi connectivity index (χ2n) is 31.1. The Hall–Kier alpha value is -14.3. The van der Waals surface area contributed by atoms with Gasteiger partial charge in [0.25, 0.3) is 36.0 Å². The number of nitrogens with one attached hydrogen (secondary N) is 3. The van der Waals surface area contributed by atoms with Crippen LogP contribution in [-0.2, 0) is 107 Å². The topological polar surface area (TPSA) is 390 Å². The standard InChI is InChI=1S/C27H23F6N5O4S.C26H19F6N5O4S.C20H12F6IN3O3S.C8H13N3O2.C6H8N2O2/c1-15-12-23(36-37(15)3)25(2,39)17-5-10-20-21(13-17)38(14-16-4-11-22(26(28,29)30)35-24(16)34-20)43(40,41)19-8-6-18(7-9-19)42-27(31,32)33;1-14-11-20(35-36(14)2)23(38)15-3-9-19-21(12-15)37(13-16-4-10-22(25(27,28)29)34-24(16)33-19)42(39,40)18-7-5-17(6-8-18)41-26(30,31)32;21-19(22,23)17-8-1-11-10-30(16-9-12(27)2-7-15(16)28-18(11)29-17)34(31,32)14-5-3-13(4-6-14)33-20(24,25)26;1-6-5-7(9-10(6)2)8(12)11(3)13-4;1-4-3-5(6(9)10)7-8(4)2/h4-13,39H,14H2,1-3H3,(H,34,35);3-12H,13H2,1-2H3,(H,33,34);1-9H,10H2,(H,28,29);5H,1-4H3;3H,1-2H3,(H,9,10). The molecule has 55 heteroatoms. The van der Waals surface area contributed by atoms with Crippen LogP contribution in [0, 0.1) is 31.3 Å². The number of aliphatic hydroxyl groups is 1. The number of fused-ring (bicyclic) bond motifs is 6. The molecule has 33 nitrogen and oxygen atoms in total. The van der Waals surface area contributed by atoms with Gasteiger partial charge in [-0.3, -0.25) is 46.1 Å². The lowest BCUT2D eigenvalue weighted by Crippen LogP contribution is -2.31. The van der Waals surface area contributed by atoms with Crippen molar-refractivity contribution in [3.05, 3.63) is 282 Å². The predicted molar refractivity (Wildman–Crippen MR) is 479 cm³/mol. The van der Waals surface area contributed by atoms with Crippen LogP contribution in [0.15, 0.2) is 203 Å². The number of aromatic carboxylic acids is 1. The van der Waals surface area contributed by atoms with E-state index in [-0.39, 0.29) is 114 Å². The minimum absolute atomic E-state index is 0.00919. The Morgan fingerprint density at radius 3 is 1.03 bits per heavy atom. The number of hydrogen-bond acceptors (Lipinski definition) is 24. The van der Waals surface area contributed by atoms with Gasteiger partial charge in [-0.25, -0.2) is 50.1 Å². The average Bonchev–Trinajstić information content (AvgIpc) is 0.895. The molecule has 7 aromatic heterocycles. The summed E-state index contributed by atoms with van der Waals surface area (Å²) < 4.78 is 336. The highest BCUT2D eigenvalue weighted by Crippen LogP contribution is 2.47. The number of carboxylic acids is 1. The SMILES string of the molecule is CON(C)C(=O)c1cc(C)n(C)n1.Cc1cc(C(=O)O)nn1C.Cc1cc(C(=O)c2ccc3c(c2)N(S(=O)(=O)c2ccc(OC(F)(F)F)cc2)Cc2ccc(C(F)(F)F)nc2N3)nn1C.Cc1cc(C(C)(O)c2ccc3c(c2)N(S(=O)(=O)c2ccc(OC(F)(F)F)cc2)Cc2ccc(C(F)(F)F)nc2N3)nn1C.O=S(=O)(c1ccc(OC(F)(F)F)cc1)N1Cc2ccc(C(F)(F)F)nc2Nc2ccc(I)cc21. The average molecular weight is 2180 g/mol. The smallest absolute Gasteiger partial charge is 0.476 e. The number of aromatic nitrogens is 11. The van der Waals surface area contributed by atoms with Gasteiger partial charge in [-0.1, -0.05) is 24.3 Å². The number of ketones is 1. The fourth-order valence-electron chi connectivity index (χ4n) is 13.5. The van der Waals surface area contributed by atoms with E-state index >= 15 is 0 Å². The molecule has 1 unspecified atom stereocenters. The third-order valence-corrected chi connectivity index (χ3v) is 27.2. The molecule has 0 saturated carbocycles. The van der Waals surface area contributed by atoms with E-state index in [4.69, 9.17) is 9.94 Å². The largest absolute Gasteiger partial charge is 0.573 e. The highest BCUT2D eigenvalue weighted by Gasteiger charge is 2.43. The van der Waals surface area contributed by atoms with Crippen molar-refractivity contribution >= 4 is 122 Å². The number of carbonyl (C=O) groups is 3. The number of ether oxygens (including phenoxy) is 3. The Labute approximate surface area is 807 Å². The molecule has 142 heavy (non-hydrogen) atoms. The number of amides is 1. The molecule has 3 aliphatic heterocycles. The monoisotopic (exact) mass is 2180 g/mol. The third kappa shape index (κ3) is 24.8. The summed E-state index contributed by atoms with van der Waals surface area (Å²) in [5.41, 5.74) is -0.554. The molecule has 0 bridgehead atoms. The van der Waals surface area contributed by atoms with Gasteiger partial charge in [-0.05, 0) is 227 Å². The van der Waals surface area contributed by atoms with Gasteiger partial charge < -0.3 is 40.4 Å². The summed E-state index contributed by atoms with van der Waals surface area (Å²) in [6, 6.07) is 35.1. The molecule has 1 amide bonds. The van der Waals surface area contributed by atoms with Crippen LogP contribution in [0.25, 0.3) is 0 Å². The summed E-state index contributed by atoms with van der Waals surface area (Å²) in [5.74, 6) is -4.37. The summed E-state index contributed by atoms with van der Waals surface area (Å²) in [7, 11) is -3.70. The van der Waals surface area contributed by atoms with E-state index in [0.717, 1.165) is 132 Å². The second kappa shape index (κ2) is 40.3. The maximum atomic E-state index is 14.0. The molecule has 0 fully saturated rings. The zero-order chi connectivity index (χ0) is 105. The molecule has 6 aromatic carbocycles. The summed E-state index contributed by atoms with van der Waals surface area (Å²) in [6.07, 6.45) is -29.2. The van der Waals surface area contributed by atoms with Gasteiger partial charge >= 0.3 is 43.6 Å². The van der Waals surface area contributed by atoms with E-state index in [0.29, 0.717) is 27.1 Å². The molecule has 0 spiro atoms. The highest BCUT2D eigenvalue weighted by atomic mass is 127. The van der Waals surface area contributed by atoms with Crippen LogP contribution in [0.4, 0.5) is 131 Å². The van der Waals surface area contributed by atoms with E-state index in [1.807, 2.05) is 29.5 Å². The van der Waals surface area contributed by atoms with Gasteiger partial charge in [-0.15, -0.1) is 39.5 Å². The first-order valence-corrected chi connectivity index (χ1v) is 45.8. The molecule has 0 radical (unpaired) electrons. The molecule has 0 aliphatic carbocycles. The number of alkyl halides is 18. The minimum Gasteiger partial charge on any atom is -0.476 e. The summed E-state index contributed by atoms with van der Waals surface area (Å²) in [4.78, 5) is 49.5.